The van der Waals surface area contributed by atoms with Gasteiger partial charge in [-0.3, -0.25) is 4.79 Å². The van der Waals surface area contributed by atoms with Crippen LogP contribution >= 0.6 is 11.3 Å². The summed E-state index contributed by atoms with van der Waals surface area (Å²) >= 11 is 1.26. The van der Waals surface area contributed by atoms with Crippen molar-refractivity contribution in [1.29, 1.82) is 0 Å². The number of nitrogens with one attached hydrogen (secondary N) is 1. The Morgan fingerprint density at radius 1 is 1.45 bits per heavy atom. The van der Waals surface area contributed by atoms with E-state index in [2.05, 4.69) is 10.5 Å². The monoisotopic (exact) mass is 322 g/mol. The highest BCUT2D eigenvalue weighted by molar-refractivity contribution is 7.16. The van der Waals surface area contributed by atoms with E-state index in [-0.39, 0.29) is 17.2 Å². The van der Waals surface area contributed by atoms with Gasteiger partial charge in [-0.2, -0.15) is 0 Å². The first-order valence-corrected chi connectivity index (χ1v) is 7.80. The van der Waals surface area contributed by atoms with E-state index in [4.69, 9.17) is 4.52 Å². The lowest BCUT2D eigenvalue weighted by atomic mass is 10.1. The van der Waals surface area contributed by atoms with Crippen molar-refractivity contribution in [3.05, 3.63) is 33.5 Å². The van der Waals surface area contributed by atoms with Crippen molar-refractivity contribution in [2.24, 2.45) is 0 Å². The Morgan fingerprint density at radius 3 is 2.64 bits per heavy atom. The number of carbonyl (C=O) groups is 2. The largest absolute Gasteiger partial charge is 0.478 e. The molecular weight excluding hydrogens is 304 g/mol. The summed E-state index contributed by atoms with van der Waals surface area (Å²) in [5.41, 5.74) is 1.58. The van der Waals surface area contributed by atoms with Gasteiger partial charge in [-0.15, -0.1) is 11.3 Å². The van der Waals surface area contributed by atoms with E-state index < -0.39 is 11.9 Å². The summed E-state index contributed by atoms with van der Waals surface area (Å²) in [6, 6.07) is 1.57. The average molecular weight is 322 g/mol. The van der Waals surface area contributed by atoms with Crippen LogP contribution in [0.25, 0.3) is 0 Å². The average Bonchev–Trinajstić information content (AvgIpc) is 3.03. The molecule has 1 amide bonds. The summed E-state index contributed by atoms with van der Waals surface area (Å²) in [4.78, 5) is 24.5. The Morgan fingerprint density at radius 2 is 2.14 bits per heavy atom. The van der Waals surface area contributed by atoms with Crippen LogP contribution < -0.4 is 5.32 Å². The van der Waals surface area contributed by atoms with Crippen LogP contribution in [0.2, 0.25) is 0 Å². The van der Waals surface area contributed by atoms with Crippen LogP contribution in [0.1, 0.15) is 63.7 Å². The molecule has 118 valence electrons. The fraction of sp³-hybridized carbons (Fsp3) is 0.400. The SMILES string of the molecule is CCc1c(C)sc(NC(=O)c2cc(C(C)C)no2)c1C(=O)O. The highest BCUT2D eigenvalue weighted by Crippen LogP contribution is 2.33. The van der Waals surface area contributed by atoms with E-state index in [0.29, 0.717) is 17.1 Å². The zero-order valence-electron chi connectivity index (χ0n) is 12.9. The normalized spacial score (nSPS) is 11.0. The van der Waals surface area contributed by atoms with Crippen LogP contribution in [-0.2, 0) is 6.42 Å². The van der Waals surface area contributed by atoms with Gasteiger partial charge < -0.3 is 14.9 Å². The van der Waals surface area contributed by atoms with E-state index >= 15 is 0 Å². The van der Waals surface area contributed by atoms with Gasteiger partial charge in [-0.05, 0) is 24.8 Å². The summed E-state index contributed by atoms with van der Waals surface area (Å²) in [5.74, 6) is -1.32. The third-order valence-electron chi connectivity index (χ3n) is 3.35. The van der Waals surface area contributed by atoms with E-state index in [1.54, 1.807) is 6.07 Å². The molecule has 6 nitrogen and oxygen atoms in total. The Bertz CT molecular complexity index is 715. The minimum atomic E-state index is -1.04. The molecule has 0 spiro atoms. The van der Waals surface area contributed by atoms with Gasteiger partial charge in [0.25, 0.3) is 5.91 Å². The lowest BCUT2D eigenvalue weighted by Gasteiger charge is -2.02. The third-order valence-corrected chi connectivity index (χ3v) is 4.41. The maximum atomic E-state index is 12.2. The summed E-state index contributed by atoms with van der Waals surface area (Å²) < 4.78 is 5.02. The fourth-order valence-electron chi connectivity index (χ4n) is 2.15. The van der Waals surface area contributed by atoms with Crippen LogP contribution in [-0.4, -0.2) is 22.1 Å². The molecule has 0 radical (unpaired) electrons. The number of hydrogen-bond donors (Lipinski definition) is 2. The molecular formula is C15H18N2O4S. The van der Waals surface area contributed by atoms with Gasteiger partial charge in [0, 0.05) is 10.9 Å². The number of thiophene rings is 1. The number of amides is 1. The standard InChI is InChI=1S/C15H18N2O4S/c1-5-9-8(4)22-14(12(9)15(19)20)16-13(18)11-6-10(7(2)3)17-21-11/h6-7H,5H2,1-4H3,(H,16,18)(H,19,20). The topological polar surface area (TPSA) is 92.4 Å². The molecule has 2 aromatic rings. The Balaban J connectivity index is 2.30. The first-order chi connectivity index (χ1) is 10.3. The summed E-state index contributed by atoms with van der Waals surface area (Å²) in [6.07, 6.45) is 0.597. The van der Waals surface area contributed by atoms with Crippen molar-refractivity contribution in [1.82, 2.24) is 5.16 Å². The Labute approximate surface area is 132 Å². The van der Waals surface area contributed by atoms with Gasteiger partial charge in [0.2, 0.25) is 5.76 Å². The van der Waals surface area contributed by atoms with Crippen molar-refractivity contribution < 1.29 is 19.2 Å². The maximum Gasteiger partial charge on any atom is 0.339 e. The van der Waals surface area contributed by atoms with Crippen molar-refractivity contribution in [2.45, 2.75) is 40.0 Å². The second-order valence-corrected chi connectivity index (χ2v) is 6.45. The molecule has 2 rings (SSSR count). The van der Waals surface area contributed by atoms with Crippen LogP contribution in [0.15, 0.2) is 10.6 Å². The van der Waals surface area contributed by atoms with E-state index in [0.717, 1.165) is 10.4 Å². The predicted octanol–water partition coefficient (Wildman–Crippen LogP) is 3.68. The molecule has 2 heterocycles. The fourth-order valence-corrected chi connectivity index (χ4v) is 3.28. The minimum absolute atomic E-state index is 0.0733. The number of hydrogen-bond acceptors (Lipinski definition) is 5. The second kappa shape index (κ2) is 6.31. The molecule has 2 N–H and O–H groups in total. The lowest BCUT2D eigenvalue weighted by Crippen LogP contribution is -2.13. The summed E-state index contributed by atoms with van der Waals surface area (Å²) in [7, 11) is 0. The first-order valence-electron chi connectivity index (χ1n) is 6.98. The molecule has 0 bridgehead atoms. The number of carboxylic acids is 1. The smallest absolute Gasteiger partial charge is 0.339 e. The van der Waals surface area contributed by atoms with Crippen LogP contribution in [0.4, 0.5) is 5.00 Å². The van der Waals surface area contributed by atoms with E-state index in [1.807, 2.05) is 27.7 Å². The van der Waals surface area contributed by atoms with Gasteiger partial charge in [0.15, 0.2) is 0 Å². The van der Waals surface area contributed by atoms with Gasteiger partial charge >= 0.3 is 5.97 Å². The number of rotatable bonds is 5. The number of aromatic nitrogens is 1. The number of carboxylic acid groups (broad SMARTS) is 1. The van der Waals surface area contributed by atoms with Gasteiger partial charge in [0.1, 0.15) is 5.00 Å². The molecule has 0 saturated heterocycles. The van der Waals surface area contributed by atoms with Crippen LogP contribution in [0.5, 0.6) is 0 Å². The van der Waals surface area contributed by atoms with E-state index in [9.17, 15) is 14.7 Å². The minimum Gasteiger partial charge on any atom is -0.478 e. The number of aryl methyl sites for hydroxylation is 1. The molecule has 22 heavy (non-hydrogen) atoms. The summed E-state index contributed by atoms with van der Waals surface area (Å²) in [6.45, 7) is 7.62. The molecule has 0 fully saturated rings. The second-order valence-electron chi connectivity index (χ2n) is 5.22. The van der Waals surface area contributed by atoms with Crippen molar-refractivity contribution in [3.63, 3.8) is 0 Å². The zero-order valence-corrected chi connectivity index (χ0v) is 13.7. The molecule has 7 heteroatoms. The van der Waals surface area contributed by atoms with Crippen molar-refractivity contribution >= 4 is 28.2 Å². The molecule has 2 aromatic heterocycles. The van der Waals surface area contributed by atoms with Gasteiger partial charge in [-0.1, -0.05) is 25.9 Å². The van der Waals surface area contributed by atoms with Gasteiger partial charge in [-0.25, -0.2) is 4.79 Å². The zero-order chi connectivity index (χ0) is 16.4. The number of nitrogens with zero attached hydrogens (tertiary/aromatic N) is 1. The molecule has 0 aliphatic rings. The van der Waals surface area contributed by atoms with Crippen LogP contribution in [0.3, 0.4) is 0 Å². The molecule has 0 aliphatic heterocycles. The molecule has 0 atom stereocenters. The number of anilines is 1. The quantitative estimate of drug-likeness (QED) is 0.876. The molecule has 0 aliphatic carbocycles. The number of aromatic carboxylic acids is 1. The predicted molar refractivity (Wildman–Crippen MR) is 83.9 cm³/mol. The Hall–Kier alpha value is -2.15. The van der Waals surface area contributed by atoms with E-state index in [1.165, 1.54) is 11.3 Å². The highest BCUT2D eigenvalue weighted by Gasteiger charge is 2.23. The number of carbonyl (C=O) groups excluding carboxylic acids is 1. The summed E-state index contributed by atoms with van der Waals surface area (Å²) in [5, 5.41) is 16.1. The third kappa shape index (κ3) is 3.04. The Kier molecular flexibility index (Phi) is 4.65. The lowest BCUT2D eigenvalue weighted by molar-refractivity contribution is 0.0697. The van der Waals surface area contributed by atoms with Crippen LogP contribution in [0, 0.1) is 6.92 Å². The first kappa shape index (κ1) is 16.2. The molecule has 0 saturated carbocycles. The molecule has 0 aromatic carbocycles. The molecule has 0 unspecified atom stereocenters. The van der Waals surface area contributed by atoms with Crippen molar-refractivity contribution in [3.8, 4) is 0 Å². The van der Waals surface area contributed by atoms with Crippen molar-refractivity contribution in [2.75, 3.05) is 5.32 Å². The highest BCUT2D eigenvalue weighted by atomic mass is 32.1. The maximum absolute atomic E-state index is 12.2. The van der Waals surface area contributed by atoms with Gasteiger partial charge in [0.05, 0.1) is 11.3 Å².